The van der Waals surface area contributed by atoms with Crippen molar-refractivity contribution >= 4 is 35.0 Å². The molecule has 0 amide bonds. The lowest BCUT2D eigenvalue weighted by Crippen LogP contribution is -2.30. The summed E-state index contributed by atoms with van der Waals surface area (Å²) in [6, 6.07) is 3.38. The number of aliphatic hydroxyl groups excluding tert-OH is 1. The number of nitrogens with zero attached hydrogens (tertiary/aromatic N) is 1. The zero-order valence-electron chi connectivity index (χ0n) is 16.5. The molecular formula is C21H27Cl2FN2O5. The molecule has 0 saturated heterocycles. The monoisotopic (exact) mass is 476 g/mol. The van der Waals surface area contributed by atoms with Gasteiger partial charge in [-0.15, -0.1) is 0 Å². The first kappa shape index (κ1) is 26.7. The van der Waals surface area contributed by atoms with E-state index in [1.54, 1.807) is 6.07 Å². The van der Waals surface area contributed by atoms with E-state index in [2.05, 4.69) is 10.3 Å². The van der Waals surface area contributed by atoms with E-state index >= 15 is 0 Å². The summed E-state index contributed by atoms with van der Waals surface area (Å²) in [5, 5.41) is 30.2. The maximum absolute atomic E-state index is 14.3. The number of hydrogen-bond donors (Lipinski definition) is 4. The zero-order chi connectivity index (χ0) is 22.4. The molecule has 7 nitrogen and oxygen atoms in total. The minimum atomic E-state index is -1.18. The molecule has 0 aliphatic carbocycles. The average Bonchev–Trinajstić information content (AvgIpc) is 2.69. The van der Waals surface area contributed by atoms with Crippen LogP contribution in [0.25, 0.3) is 0 Å². The zero-order valence-corrected chi connectivity index (χ0v) is 18.0. The number of halogens is 3. The number of aliphatic hydroxyl groups is 1. The Bertz CT molecular complexity index is 912. The normalized spacial score (nSPS) is 11.7. The number of hydrogen-bond acceptors (Lipinski definition) is 6. The highest BCUT2D eigenvalue weighted by atomic mass is 35.5. The summed E-state index contributed by atoms with van der Waals surface area (Å²) in [7, 11) is 0. The number of aromatic hydroxyl groups is 1. The number of carbonyl (C=O) groups is 1. The van der Waals surface area contributed by atoms with Crippen molar-refractivity contribution in [3.8, 4) is 17.2 Å². The molecule has 0 aliphatic heterocycles. The molecule has 0 bridgehead atoms. The van der Waals surface area contributed by atoms with Crippen LogP contribution in [0.15, 0.2) is 18.2 Å². The Balaban J connectivity index is 0.00000480. The standard InChI is InChI=1S/C20H23Cl2FN2O5.CH4/c1-10(2)12-9-11(6-7-14(12)27)30-17-15(21)18(23)25-19(16(17)22)24-13(20(28)29)5-3-4-8-26;/h6-7,9-10,13,26-27H,3-5,8H2,1-2H3,(H,24,25)(H,28,29);1H4/t13-;/m0./s1. The molecule has 1 aromatic carbocycles. The minimum Gasteiger partial charge on any atom is -0.508 e. The summed E-state index contributed by atoms with van der Waals surface area (Å²) in [6.45, 7) is 3.70. The van der Waals surface area contributed by atoms with E-state index in [0.29, 0.717) is 18.4 Å². The molecular weight excluding hydrogens is 450 g/mol. The van der Waals surface area contributed by atoms with Crippen LogP contribution in [0.3, 0.4) is 0 Å². The Morgan fingerprint density at radius 2 is 1.94 bits per heavy atom. The number of benzene rings is 1. The van der Waals surface area contributed by atoms with Gasteiger partial charge in [0.15, 0.2) is 11.6 Å². The number of nitrogens with one attached hydrogen (secondary N) is 1. The fraction of sp³-hybridized carbons (Fsp3) is 0.429. The highest BCUT2D eigenvalue weighted by Gasteiger charge is 2.24. The molecule has 4 N–H and O–H groups in total. The lowest BCUT2D eigenvalue weighted by atomic mass is 10.0. The molecule has 1 atom stereocenters. The number of phenols is 1. The molecule has 2 rings (SSSR count). The first-order valence-corrected chi connectivity index (χ1v) is 10.1. The predicted molar refractivity (Wildman–Crippen MR) is 119 cm³/mol. The topological polar surface area (TPSA) is 112 Å². The van der Waals surface area contributed by atoms with Crippen molar-refractivity contribution in [3.63, 3.8) is 0 Å². The Hall–Kier alpha value is -2.29. The number of phenolic OH excluding ortho intramolecular Hbond substituents is 1. The molecule has 172 valence electrons. The summed E-state index contributed by atoms with van der Waals surface area (Å²) in [4.78, 5) is 15.1. The van der Waals surface area contributed by atoms with Gasteiger partial charge in [-0.25, -0.2) is 4.79 Å². The van der Waals surface area contributed by atoms with E-state index in [1.165, 1.54) is 12.1 Å². The number of carboxylic acid groups (broad SMARTS) is 1. The van der Waals surface area contributed by atoms with E-state index in [-0.39, 0.29) is 54.5 Å². The number of rotatable bonds is 10. The molecule has 10 heteroatoms. The van der Waals surface area contributed by atoms with Gasteiger partial charge >= 0.3 is 5.97 Å². The molecule has 1 aromatic heterocycles. The molecule has 0 radical (unpaired) electrons. The smallest absolute Gasteiger partial charge is 0.326 e. The fourth-order valence-corrected chi connectivity index (χ4v) is 3.19. The third kappa shape index (κ3) is 6.85. The number of carboxylic acids is 1. The number of anilines is 1. The predicted octanol–water partition coefficient (Wildman–Crippen LogP) is 5.81. The summed E-state index contributed by atoms with van der Waals surface area (Å²) in [5.74, 6) is -2.37. The molecule has 2 aromatic rings. The Morgan fingerprint density at radius 1 is 1.26 bits per heavy atom. The Kier molecular flexibility index (Phi) is 10.3. The number of unbranched alkanes of at least 4 members (excludes halogenated alkanes) is 1. The van der Waals surface area contributed by atoms with Crippen LogP contribution in [0.2, 0.25) is 10.0 Å². The van der Waals surface area contributed by atoms with E-state index in [1.807, 2.05) is 13.8 Å². The minimum absolute atomic E-state index is 0. The highest BCUT2D eigenvalue weighted by Crippen LogP contribution is 2.42. The van der Waals surface area contributed by atoms with Gasteiger partial charge < -0.3 is 25.4 Å². The first-order chi connectivity index (χ1) is 14.1. The number of ether oxygens (including phenoxy) is 1. The van der Waals surface area contributed by atoms with Crippen LogP contribution in [0.1, 0.15) is 52.0 Å². The molecule has 0 saturated carbocycles. The highest BCUT2D eigenvalue weighted by molar-refractivity contribution is 6.38. The first-order valence-electron chi connectivity index (χ1n) is 9.31. The Morgan fingerprint density at radius 3 is 2.52 bits per heavy atom. The number of aromatic nitrogens is 1. The van der Waals surface area contributed by atoms with Crippen LogP contribution in [-0.4, -0.2) is 38.9 Å². The Labute approximate surface area is 190 Å². The van der Waals surface area contributed by atoms with Crippen LogP contribution < -0.4 is 10.1 Å². The molecule has 0 unspecified atom stereocenters. The van der Waals surface area contributed by atoms with Crippen molar-refractivity contribution < 1.29 is 29.2 Å². The molecule has 31 heavy (non-hydrogen) atoms. The van der Waals surface area contributed by atoms with Gasteiger partial charge in [0.05, 0.1) is 0 Å². The number of pyridine rings is 1. The van der Waals surface area contributed by atoms with Crippen molar-refractivity contribution in [3.05, 3.63) is 39.8 Å². The molecule has 1 heterocycles. The molecule has 0 fully saturated rings. The lowest BCUT2D eigenvalue weighted by Gasteiger charge is -2.18. The van der Waals surface area contributed by atoms with E-state index in [9.17, 15) is 19.4 Å². The van der Waals surface area contributed by atoms with Crippen LogP contribution in [0, 0.1) is 5.95 Å². The van der Waals surface area contributed by atoms with Gasteiger partial charge in [-0.1, -0.05) is 44.5 Å². The molecule has 0 aliphatic rings. The van der Waals surface area contributed by atoms with Crippen LogP contribution in [0.4, 0.5) is 10.2 Å². The second kappa shape index (κ2) is 11.9. The summed E-state index contributed by atoms with van der Waals surface area (Å²) in [5.41, 5.74) is 0.613. The fourth-order valence-electron chi connectivity index (χ4n) is 2.74. The van der Waals surface area contributed by atoms with Crippen molar-refractivity contribution in [2.24, 2.45) is 0 Å². The second-order valence-corrected chi connectivity index (χ2v) is 7.70. The van der Waals surface area contributed by atoms with E-state index < -0.39 is 23.0 Å². The SMILES string of the molecule is C.CC(C)c1cc(Oc2c(Cl)c(F)nc(N[C@@H](CCCCO)C(=O)O)c2Cl)ccc1O. The van der Waals surface area contributed by atoms with Gasteiger partial charge in [-0.2, -0.15) is 9.37 Å². The van der Waals surface area contributed by atoms with Gasteiger partial charge in [0, 0.05) is 12.2 Å². The van der Waals surface area contributed by atoms with Gasteiger partial charge in [-0.05, 0) is 43.4 Å². The van der Waals surface area contributed by atoms with Crippen LogP contribution >= 0.6 is 23.2 Å². The van der Waals surface area contributed by atoms with Crippen LogP contribution in [-0.2, 0) is 4.79 Å². The third-order valence-corrected chi connectivity index (χ3v) is 5.03. The van der Waals surface area contributed by atoms with E-state index in [0.717, 1.165) is 0 Å². The van der Waals surface area contributed by atoms with Crippen molar-refractivity contribution in [2.75, 3.05) is 11.9 Å². The van der Waals surface area contributed by atoms with Gasteiger partial charge in [0.1, 0.15) is 27.6 Å². The van der Waals surface area contributed by atoms with Crippen molar-refractivity contribution in [2.45, 2.75) is 52.5 Å². The molecule has 0 spiro atoms. The largest absolute Gasteiger partial charge is 0.508 e. The quantitative estimate of drug-likeness (QED) is 0.252. The lowest BCUT2D eigenvalue weighted by molar-refractivity contribution is -0.138. The maximum atomic E-state index is 14.3. The summed E-state index contributed by atoms with van der Waals surface area (Å²) >= 11 is 12.3. The van der Waals surface area contributed by atoms with Crippen LogP contribution in [0.5, 0.6) is 17.2 Å². The van der Waals surface area contributed by atoms with Gasteiger partial charge in [0.25, 0.3) is 0 Å². The average molecular weight is 477 g/mol. The summed E-state index contributed by atoms with van der Waals surface area (Å²) < 4.78 is 20.0. The maximum Gasteiger partial charge on any atom is 0.326 e. The third-order valence-electron chi connectivity index (χ3n) is 4.35. The van der Waals surface area contributed by atoms with Gasteiger partial charge in [0.2, 0.25) is 5.95 Å². The number of aliphatic carboxylic acids is 1. The van der Waals surface area contributed by atoms with Crippen molar-refractivity contribution in [1.82, 2.24) is 4.98 Å². The van der Waals surface area contributed by atoms with E-state index in [4.69, 9.17) is 33.0 Å². The second-order valence-electron chi connectivity index (χ2n) is 6.94. The van der Waals surface area contributed by atoms with Crippen molar-refractivity contribution in [1.29, 1.82) is 0 Å². The van der Waals surface area contributed by atoms with Gasteiger partial charge in [-0.3, -0.25) is 0 Å². The summed E-state index contributed by atoms with van der Waals surface area (Å²) in [6.07, 6.45) is 1.03.